The van der Waals surface area contributed by atoms with Gasteiger partial charge in [0, 0.05) is 5.56 Å². The zero-order chi connectivity index (χ0) is 17.4. The number of benzene rings is 2. The molecule has 0 aliphatic rings. The predicted octanol–water partition coefficient (Wildman–Crippen LogP) is 4.39. The molecule has 4 nitrogen and oxygen atoms in total. The number of carbonyl (C=O) groups is 1. The third-order valence-electron chi connectivity index (χ3n) is 3.45. The predicted molar refractivity (Wildman–Crippen MR) is 95.1 cm³/mol. The lowest BCUT2D eigenvalue weighted by Gasteiger charge is -2.10. The summed E-state index contributed by atoms with van der Waals surface area (Å²) >= 11 is 0. The molecule has 0 aliphatic carbocycles. The molecule has 0 atom stereocenters. The standard InChI is InChI=1S/C20H22O4/c1-4-13-24-19-12-6-15(14-20(19)23-3)5-11-18(21)16-7-9-17(22-2)10-8-16/h5-12,14H,4,13H2,1-3H3. The van der Waals surface area contributed by atoms with Crippen molar-refractivity contribution in [2.75, 3.05) is 20.8 Å². The first-order chi connectivity index (χ1) is 11.7. The van der Waals surface area contributed by atoms with Gasteiger partial charge in [-0.1, -0.05) is 19.1 Å². The van der Waals surface area contributed by atoms with E-state index in [2.05, 4.69) is 0 Å². The van der Waals surface area contributed by atoms with Crippen molar-refractivity contribution in [1.29, 1.82) is 0 Å². The van der Waals surface area contributed by atoms with Crippen LogP contribution in [0.3, 0.4) is 0 Å². The number of hydrogen-bond acceptors (Lipinski definition) is 4. The van der Waals surface area contributed by atoms with Crippen LogP contribution in [-0.4, -0.2) is 26.6 Å². The van der Waals surface area contributed by atoms with Crippen LogP contribution in [-0.2, 0) is 0 Å². The summed E-state index contributed by atoms with van der Waals surface area (Å²) in [7, 11) is 3.20. The summed E-state index contributed by atoms with van der Waals surface area (Å²) in [6.45, 7) is 2.69. The number of hydrogen-bond donors (Lipinski definition) is 0. The summed E-state index contributed by atoms with van der Waals surface area (Å²) in [4.78, 5) is 12.2. The van der Waals surface area contributed by atoms with Gasteiger partial charge in [-0.2, -0.15) is 0 Å². The average molecular weight is 326 g/mol. The van der Waals surface area contributed by atoms with Gasteiger partial charge >= 0.3 is 0 Å². The van der Waals surface area contributed by atoms with Crippen molar-refractivity contribution in [3.05, 3.63) is 59.7 Å². The van der Waals surface area contributed by atoms with Crippen molar-refractivity contribution in [2.45, 2.75) is 13.3 Å². The van der Waals surface area contributed by atoms with Crippen molar-refractivity contribution in [1.82, 2.24) is 0 Å². The molecular formula is C20H22O4. The van der Waals surface area contributed by atoms with E-state index in [0.717, 1.165) is 17.7 Å². The summed E-state index contributed by atoms with van der Waals surface area (Å²) in [5, 5.41) is 0. The van der Waals surface area contributed by atoms with E-state index in [1.54, 1.807) is 50.6 Å². The molecule has 24 heavy (non-hydrogen) atoms. The van der Waals surface area contributed by atoms with E-state index in [0.29, 0.717) is 23.7 Å². The number of ether oxygens (including phenoxy) is 3. The Kier molecular flexibility index (Phi) is 6.43. The van der Waals surface area contributed by atoms with Gasteiger partial charge in [0.25, 0.3) is 0 Å². The molecule has 126 valence electrons. The van der Waals surface area contributed by atoms with Gasteiger partial charge < -0.3 is 14.2 Å². The Labute approximate surface area is 142 Å². The summed E-state index contributed by atoms with van der Waals surface area (Å²) < 4.78 is 16.1. The largest absolute Gasteiger partial charge is 0.497 e. The fraction of sp³-hybridized carbons (Fsp3) is 0.250. The molecule has 0 fully saturated rings. The van der Waals surface area contributed by atoms with Crippen LogP contribution in [0.25, 0.3) is 6.08 Å². The Morgan fingerprint density at radius 3 is 2.38 bits per heavy atom. The second kappa shape index (κ2) is 8.77. The number of methoxy groups -OCH3 is 2. The van der Waals surface area contributed by atoms with Crippen molar-refractivity contribution in [3.63, 3.8) is 0 Å². The van der Waals surface area contributed by atoms with Gasteiger partial charge in [-0.25, -0.2) is 0 Å². The van der Waals surface area contributed by atoms with Crippen LogP contribution in [0, 0.1) is 0 Å². The van der Waals surface area contributed by atoms with Crippen molar-refractivity contribution >= 4 is 11.9 Å². The molecule has 4 heteroatoms. The van der Waals surface area contributed by atoms with E-state index in [4.69, 9.17) is 14.2 Å². The molecule has 0 N–H and O–H groups in total. The van der Waals surface area contributed by atoms with E-state index in [-0.39, 0.29) is 5.78 Å². The van der Waals surface area contributed by atoms with Crippen molar-refractivity contribution < 1.29 is 19.0 Å². The monoisotopic (exact) mass is 326 g/mol. The van der Waals surface area contributed by atoms with Gasteiger partial charge in [0.05, 0.1) is 20.8 Å². The Balaban J connectivity index is 2.11. The minimum Gasteiger partial charge on any atom is -0.497 e. The van der Waals surface area contributed by atoms with Crippen molar-refractivity contribution in [2.24, 2.45) is 0 Å². The fourth-order valence-corrected chi connectivity index (χ4v) is 2.14. The van der Waals surface area contributed by atoms with Crippen molar-refractivity contribution in [3.8, 4) is 17.2 Å². The molecule has 0 unspecified atom stereocenters. The number of rotatable bonds is 8. The van der Waals surface area contributed by atoms with E-state index in [1.165, 1.54) is 0 Å². The molecule has 0 aliphatic heterocycles. The quantitative estimate of drug-likeness (QED) is 0.533. The van der Waals surface area contributed by atoms with Crippen LogP contribution in [0.5, 0.6) is 17.2 Å². The zero-order valence-corrected chi connectivity index (χ0v) is 14.2. The SMILES string of the molecule is CCCOc1ccc(C=CC(=O)c2ccc(OC)cc2)cc1OC. The minimum atomic E-state index is -0.0667. The maximum Gasteiger partial charge on any atom is 0.185 e. The second-order valence-corrected chi connectivity index (χ2v) is 5.18. The maximum atomic E-state index is 12.2. The molecule has 2 aromatic carbocycles. The molecule has 2 aromatic rings. The van der Waals surface area contributed by atoms with Gasteiger partial charge in [0.1, 0.15) is 5.75 Å². The van der Waals surface area contributed by atoms with Gasteiger partial charge in [-0.05, 0) is 54.5 Å². The van der Waals surface area contributed by atoms with Gasteiger partial charge in [0.2, 0.25) is 0 Å². The first kappa shape index (κ1) is 17.6. The molecule has 0 spiro atoms. The third kappa shape index (κ3) is 4.62. The molecule has 2 rings (SSSR count). The molecular weight excluding hydrogens is 304 g/mol. The fourth-order valence-electron chi connectivity index (χ4n) is 2.14. The maximum absolute atomic E-state index is 12.2. The third-order valence-corrected chi connectivity index (χ3v) is 3.45. The smallest absolute Gasteiger partial charge is 0.185 e. The topological polar surface area (TPSA) is 44.8 Å². The van der Waals surface area contributed by atoms with Crippen LogP contribution >= 0.6 is 0 Å². The average Bonchev–Trinajstić information content (AvgIpc) is 2.64. The molecule has 0 heterocycles. The summed E-state index contributed by atoms with van der Waals surface area (Å²) in [5.74, 6) is 2.02. The van der Waals surface area contributed by atoms with Gasteiger partial charge in [-0.3, -0.25) is 4.79 Å². The first-order valence-electron chi connectivity index (χ1n) is 7.85. The highest BCUT2D eigenvalue weighted by Crippen LogP contribution is 2.28. The Bertz CT molecular complexity index is 702. The highest BCUT2D eigenvalue weighted by molar-refractivity contribution is 6.06. The first-order valence-corrected chi connectivity index (χ1v) is 7.85. The highest BCUT2D eigenvalue weighted by atomic mass is 16.5. The van der Waals surface area contributed by atoms with E-state index in [9.17, 15) is 4.79 Å². The van der Waals surface area contributed by atoms with E-state index < -0.39 is 0 Å². The number of ketones is 1. The van der Waals surface area contributed by atoms with Gasteiger partial charge in [0.15, 0.2) is 17.3 Å². The van der Waals surface area contributed by atoms with Crippen LogP contribution in [0.4, 0.5) is 0 Å². The lowest BCUT2D eigenvalue weighted by molar-refractivity contribution is 0.104. The zero-order valence-electron chi connectivity index (χ0n) is 14.2. The summed E-state index contributed by atoms with van der Waals surface area (Å²) in [5.41, 5.74) is 1.49. The normalized spacial score (nSPS) is 10.6. The number of carbonyl (C=O) groups excluding carboxylic acids is 1. The molecule has 0 saturated carbocycles. The lowest BCUT2D eigenvalue weighted by Crippen LogP contribution is -1.98. The summed E-state index contributed by atoms with van der Waals surface area (Å²) in [6, 6.07) is 12.6. The van der Waals surface area contributed by atoms with E-state index in [1.807, 2.05) is 25.1 Å². The van der Waals surface area contributed by atoms with Crippen LogP contribution in [0.2, 0.25) is 0 Å². The van der Waals surface area contributed by atoms with Crippen LogP contribution in [0.15, 0.2) is 48.5 Å². The molecule has 0 amide bonds. The van der Waals surface area contributed by atoms with E-state index >= 15 is 0 Å². The van der Waals surface area contributed by atoms with Crippen LogP contribution < -0.4 is 14.2 Å². The molecule has 0 saturated heterocycles. The van der Waals surface area contributed by atoms with Crippen LogP contribution in [0.1, 0.15) is 29.3 Å². The molecule has 0 radical (unpaired) electrons. The highest BCUT2D eigenvalue weighted by Gasteiger charge is 2.05. The Morgan fingerprint density at radius 2 is 1.75 bits per heavy atom. The lowest BCUT2D eigenvalue weighted by atomic mass is 10.1. The Hall–Kier alpha value is -2.75. The Morgan fingerprint density at radius 1 is 1.00 bits per heavy atom. The molecule has 0 bridgehead atoms. The number of allylic oxidation sites excluding steroid dienone is 1. The molecule has 0 aromatic heterocycles. The second-order valence-electron chi connectivity index (χ2n) is 5.18. The minimum absolute atomic E-state index is 0.0667. The summed E-state index contributed by atoms with van der Waals surface area (Å²) in [6.07, 6.45) is 4.24. The van der Waals surface area contributed by atoms with Gasteiger partial charge in [-0.15, -0.1) is 0 Å².